The Morgan fingerprint density at radius 1 is 1.21 bits per heavy atom. The van der Waals surface area contributed by atoms with Crippen molar-refractivity contribution >= 4 is 0 Å². The summed E-state index contributed by atoms with van der Waals surface area (Å²) in [6.45, 7) is 9.58. The molecule has 2 rings (SSSR count). The first-order valence-corrected chi connectivity index (χ1v) is 7.58. The zero-order valence-corrected chi connectivity index (χ0v) is 12.5. The number of hydrogen-bond acceptors (Lipinski definition) is 2. The van der Waals surface area contributed by atoms with E-state index < -0.39 is 0 Å². The smallest absolute Gasteiger partial charge is 0.0469 e. The summed E-state index contributed by atoms with van der Waals surface area (Å²) >= 11 is 0. The van der Waals surface area contributed by atoms with Crippen LogP contribution in [-0.2, 0) is 11.2 Å². The minimum Gasteiger partial charge on any atom is -0.381 e. The molecule has 1 atom stereocenters. The molecular weight excluding hydrogens is 234 g/mol. The van der Waals surface area contributed by atoms with Crippen LogP contribution < -0.4 is 5.32 Å². The largest absolute Gasteiger partial charge is 0.381 e. The highest BCUT2D eigenvalue weighted by Crippen LogP contribution is 2.24. The van der Waals surface area contributed by atoms with Gasteiger partial charge in [-0.05, 0) is 62.3 Å². The van der Waals surface area contributed by atoms with Gasteiger partial charge in [-0.3, -0.25) is 0 Å². The van der Waals surface area contributed by atoms with E-state index in [1.165, 1.54) is 29.5 Å². The molecule has 106 valence electrons. The van der Waals surface area contributed by atoms with Crippen LogP contribution in [0.4, 0.5) is 0 Å². The third-order valence-electron chi connectivity index (χ3n) is 4.37. The van der Waals surface area contributed by atoms with Gasteiger partial charge in [-0.15, -0.1) is 0 Å². The van der Waals surface area contributed by atoms with E-state index in [9.17, 15) is 0 Å². The standard InChI is InChI=1S/C17H27NO/c1-4-18-17(15-8-10-19-11-9-15)12-16-13(2)6-5-7-14(16)3/h5-7,15,17-18H,4,8-12H2,1-3H3. The zero-order chi connectivity index (χ0) is 13.7. The summed E-state index contributed by atoms with van der Waals surface area (Å²) in [5, 5.41) is 3.70. The fourth-order valence-corrected chi connectivity index (χ4v) is 3.18. The highest BCUT2D eigenvalue weighted by molar-refractivity contribution is 5.34. The van der Waals surface area contributed by atoms with Gasteiger partial charge in [0.05, 0.1) is 0 Å². The predicted molar refractivity (Wildman–Crippen MR) is 80.6 cm³/mol. The lowest BCUT2D eigenvalue weighted by Crippen LogP contribution is -2.40. The van der Waals surface area contributed by atoms with Crippen LogP contribution in [0.15, 0.2) is 18.2 Å². The average molecular weight is 261 g/mol. The summed E-state index contributed by atoms with van der Waals surface area (Å²) in [4.78, 5) is 0. The van der Waals surface area contributed by atoms with Crippen molar-refractivity contribution in [3.05, 3.63) is 34.9 Å². The summed E-state index contributed by atoms with van der Waals surface area (Å²) < 4.78 is 5.50. The van der Waals surface area contributed by atoms with Crippen LogP contribution in [0.1, 0.15) is 36.5 Å². The molecule has 1 aromatic carbocycles. The molecule has 1 aromatic rings. The second-order valence-corrected chi connectivity index (χ2v) is 5.69. The maximum Gasteiger partial charge on any atom is 0.0469 e. The van der Waals surface area contributed by atoms with E-state index in [2.05, 4.69) is 44.3 Å². The molecule has 2 nitrogen and oxygen atoms in total. The number of benzene rings is 1. The minimum absolute atomic E-state index is 0.591. The topological polar surface area (TPSA) is 21.3 Å². The Hall–Kier alpha value is -0.860. The molecule has 2 heteroatoms. The first kappa shape index (κ1) is 14.5. The van der Waals surface area contributed by atoms with Crippen molar-refractivity contribution in [2.24, 2.45) is 5.92 Å². The maximum absolute atomic E-state index is 5.50. The second kappa shape index (κ2) is 7.06. The Bertz CT molecular complexity index is 376. The Morgan fingerprint density at radius 2 is 1.84 bits per heavy atom. The molecule has 0 aromatic heterocycles. The van der Waals surface area contributed by atoms with E-state index in [0.717, 1.165) is 32.1 Å². The van der Waals surface area contributed by atoms with Crippen molar-refractivity contribution in [3.8, 4) is 0 Å². The maximum atomic E-state index is 5.50. The molecule has 19 heavy (non-hydrogen) atoms. The van der Waals surface area contributed by atoms with Gasteiger partial charge in [-0.2, -0.15) is 0 Å². The fourth-order valence-electron chi connectivity index (χ4n) is 3.18. The summed E-state index contributed by atoms with van der Waals surface area (Å²) in [5.41, 5.74) is 4.38. The highest BCUT2D eigenvalue weighted by Gasteiger charge is 2.24. The number of hydrogen-bond donors (Lipinski definition) is 1. The van der Waals surface area contributed by atoms with E-state index in [1.54, 1.807) is 0 Å². The van der Waals surface area contributed by atoms with Crippen LogP contribution in [0.5, 0.6) is 0 Å². The van der Waals surface area contributed by atoms with Crippen molar-refractivity contribution in [1.29, 1.82) is 0 Å². The molecule has 0 radical (unpaired) electrons. The van der Waals surface area contributed by atoms with E-state index in [-0.39, 0.29) is 0 Å². The van der Waals surface area contributed by atoms with E-state index >= 15 is 0 Å². The number of rotatable bonds is 5. The van der Waals surface area contributed by atoms with Gasteiger partial charge in [0, 0.05) is 19.3 Å². The third kappa shape index (κ3) is 3.80. The lowest BCUT2D eigenvalue weighted by atomic mass is 9.85. The molecule has 1 heterocycles. The second-order valence-electron chi connectivity index (χ2n) is 5.69. The first-order valence-electron chi connectivity index (χ1n) is 7.58. The van der Waals surface area contributed by atoms with Gasteiger partial charge >= 0.3 is 0 Å². The molecule has 1 fully saturated rings. The molecule has 0 amide bonds. The van der Waals surface area contributed by atoms with Crippen LogP contribution in [0, 0.1) is 19.8 Å². The fraction of sp³-hybridized carbons (Fsp3) is 0.647. The number of ether oxygens (including phenoxy) is 1. The summed E-state index contributed by atoms with van der Waals surface area (Å²) in [5.74, 6) is 0.757. The molecule has 1 saturated heterocycles. The average Bonchev–Trinajstić information content (AvgIpc) is 2.43. The number of aryl methyl sites for hydroxylation is 2. The Morgan fingerprint density at radius 3 is 2.42 bits per heavy atom. The van der Waals surface area contributed by atoms with Gasteiger partial charge in [0.1, 0.15) is 0 Å². The Kier molecular flexibility index (Phi) is 5.41. The lowest BCUT2D eigenvalue weighted by molar-refractivity contribution is 0.0539. The molecule has 0 bridgehead atoms. The first-order chi connectivity index (χ1) is 9.22. The van der Waals surface area contributed by atoms with E-state index in [1.807, 2.05) is 0 Å². The molecule has 0 saturated carbocycles. The van der Waals surface area contributed by atoms with Crippen LogP contribution in [0.3, 0.4) is 0 Å². The molecule has 0 aliphatic carbocycles. The molecule has 0 spiro atoms. The minimum atomic E-state index is 0.591. The van der Waals surface area contributed by atoms with Crippen molar-refractivity contribution in [2.75, 3.05) is 19.8 Å². The highest BCUT2D eigenvalue weighted by atomic mass is 16.5. The van der Waals surface area contributed by atoms with E-state index in [0.29, 0.717) is 6.04 Å². The van der Waals surface area contributed by atoms with Crippen molar-refractivity contribution in [1.82, 2.24) is 5.32 Å². The SMILES string of the molecule is CCNC(Cc1c(C)cccc1C)C1CCOCC1. The van der Waals surface area contributed by atoms with Gasteiger partial charge < -0.3 is 10.1 Å². The molecule has 1 aliphatic heterocycles. The van der Waals surface area contributed by atoms with Gasteiger partial charge in [-0.1, -0.05) is 25.1 Å². The Balaban J connectivity index is 2.11. The normalized spacial score (nSPS) is 18.5. The summed E-state index contributed by atoms with van der Waals surface area (Å²) in [6.07, 6.45) is 3.54. The van der Waals surface area contributed by atoms with Crippen LogP contribution in [-0.4, -0.2) is 25.8 Å². The quantitative estimate of drug-likeness (QED) is 0.878. The third-order valence-corrected chi connectivity index (χ3v) is 4.37. The molecule has 1 unspecified atom stereocenters. The lowest BCUT2D eigenvalue weighted by Gasteiger charge is -2.31. The molecule has 1 aliphatic rings. The van der Waals surface area contributed by atoms with Gasteiger partial charge in [0.2, 0.25) is 0 Å². The van der Waals surface area contributed by atoms with Crippen molar-refractivity contribution < 1.29 is 4.74 Å². The van der Waals surface area contributed by atoms with Crippen LogP contribution in [0.25, 0.3) is 0 Å². The summed E-state index contributed by atoms with van der Waals surface area (Å²) in [6, 6.07) is 7.21. The van der Waals surface area contributed by atoms with Crippen LogP contribution in [0.2, 0.25) is 0 Å². The van der Waals surface area contributed by atoms with Crippen molar-refractivity contribution in [2.45, 2.75) is 46.1 Å². The molecular formula is C17H27NO. The van der Waals surface area contributed by atoms with Crippen LogP contribution >= 0.6 is 0 Å². The van der Waals surface area contributed by atoms with Crippen molar-refractivity contribution in [3.63, 3.8) is 0 Å². The number of nitrogens with one attached hydrogen (secondary N) is 1. The Labute approximate surface area is 117 Å². The molecule has 1 N–H and O–H groups in total. The van der Waals surface area contributed by atoms with Gasteiger partial charge in [0.15, 0.2) is 0 Å². The predicted octanol–water partition coefficient (Wildman–Crippen LogP) is 3.25. The van der Waals surface area contributed by atoms with E-state index in [4.69, 9.17) is 4.74 Å². The summed E-state index contributed by atoms with van der Waals surface area (Å²) in [7, 11) is 0. The zero-order valence-electron chi connectivity index (χ0n) is 12.5. The van der Waals surface area contributed by atoms with Gasteiger partial charge in [-0.25, -0.2) is 0 Å². The monoisotopic (exact) mass is 261 g/mol. The van der Waals surface area contributed by atoms with Gasteiger partial charge in [0.25, 0.3) is 0 Å². The number of likely N-dealkylation sites (N-methyl/N-ethyl adjacent to an activating group) is 1.